The van der Waals surface area contributed by atoms with E-state index in [9.17, 15) is 14.0 Å². The molecule has 4 aromatic rings. The summed E-state index contributed by atoms with van der Waals surface area (Å²) in [6.45, 7) is 6.94. The Kier molecular flexibility index (Phi) is 9.77. The Morgan fingerprint density at radius 1 is 0.822 bits per heavy atom. The standard InChI is InChI=1S/C38H38FN3O2S/c1-28-10-2-3-11-31(28)27-42-34-14-6-7-16-36(34)45-37(38(42)44)26-29-17-19-30(20-18-29)35(43)15-8-9-21-40-22-24-41(25-23-40)33-13-5-4-12-32(33)39/h2-7,10-14,16-20,26H,8-9,15,21-25,27H2,1H3/b37-26+. The summed E-state index contributed by atoms with van der Waals surface area (Å²) in [6.07, 6.45) is 4.22. The van der Waals surface area contributed by atoms with Crippen LogP contribution in [-0.2, 0) is 11.3 Å². The number of amides is 1. The lowest BCUT2D eigenvalue weighted by atomic mass is 10.0. The Balaban J connectivity index is 1.02. The number of carbonyl (C=O) groups excluding carboxylic acids is 2. The zero-order valence-corrected chi connectivity index (χ0v) is 26.4. The minimum absolute atomic E-state index is 0.0178. The molecule has 0 spiro atoms. The smallest absolute Gasteiger partial charge is 0.265 e. The molecule has 0 N–H and O–H groups in total. The maximum atomic E-state index is 14.1. The first-order chi connectivity index (χ1) is 22.0. The van der Waals surface area contributed by atoms with Crippen molar-refractivity contribution in [2.45, 2.75) is 37.6 Å². The molecule has 1 amide bonds. The van der Waals surface area contributed by atoms with E-state index in [0.29, 0.717) is 29.1 Å². The number of unbranched alkanes of at least 4 members (excludes halogenated alkanes) is 1. The molecule has 2 aliphatic heterocycles. The molecular formula is C38H38FN3O2S. The molecule has 0 atom stereocenters. The Morgan fingerprint density at radius 3 is 2.27 bits per heavy atom. The Morgan fingerprint density at radius 2 is 1.51 bits per heavy atom. The van der Waals surface area contributed by atoms with Crippen LogP contribution in [0.1, 0.15) is 46.3 Å². The van der Waals surface area contributed by atoms with Crippen LogP contribution in [0.25, 0.3) is 6.08 Å². The van der Waals surface area contributed by atoms with E-state index in [2.05, 4.69) is 34.9 Å². The normalized spacial score (nSPS) is 16.2. The van der Waals surface area contributed by atoms with Crippen LogP contribution in [0.4, 0.5) is 15.8 Å². The van der Waals surface area contributed by atoms with Gasteiger partial charge < -0.3 is 9.80 Å². The van der Waals surface area contributed by atoms with Gasteiger partial charge in [0.2, 0.25) is 0 Å². The number of rotatable bonds is 10. The fourth-order valence-electron chi connectivity index (χ4n) is 5.98. The Bertz CT molecular complexity index is 1700. The van der Waals surface area contributed by atoms with Crippen LogP contribution in [0.2, 0.25) is 0 Å². The minimum atomic E-state index is -0.165. The number of aryl methyl sites for hydroxylation is 1. The predicted octanol–water partition coefficient (Wildman–Crippen LogP) is 7.99. The molecule has 230 valence electrons. The van der Waals surface area contributed by atoms with Crippen molar-refractivity contribution in [2.75, 3.05) is 42.5 Å². The molecule has 4 aromatic carbocycles. The van der Waals surface area contributed by atoms with Gasteiger partial charge in [0.05, 0.1) is 22.8 Å². The predicted molar refractivity (Wildman–Crippen MR) is 182 cm³/mol. The van der Waals surface area contributed by atoms with Gasteiger partial charge in [-0.2, -0.15) is 0 Å². The van der Waals surface area contributed by atoms with Gasteiger partial charge in [0.1, 0.15) is 5.82 Å². The second kappa shape index (κ2) is 14.3. The van der Waals surface area contributed by atoms with Gasteiger partial charge in [0, 0.05) is 43.1 Å². The SMILES string of the molecule is Cc1ccccc1CN1C(=O)/C(=C\c2ccc(C(=O)CCCCN3CCN(c4ccccc4F)CC3)cc2)Sc2ccccc21. The van der Waals surface area contributed by atoms with E-state index in [1.165, 1.54) is 17.8 Å². The second-order valence-electron chi connectivity index (χ2n) is 11.7. The summed E-state index contributed by atoms with van der Waals surface area (Å²) in [7, 11) is 0. The van der Waals surface area contributed by atoms with Gasteiger partial charge in [-0.25, -0.2) is 4.39 Å². The highest BCUT2D eigenvalue weighted by Gasteiger charge is 2.29. The maximum absolute atomic E-state index is 14.1. The lowest BCUT2D eigenvalue weighted by molar-refractivity contribution is -0.114. The summed E-state index contributed by atoms with van der Waals surface area (Å²) in [5, 5.41) is 0. The minimum Gasteiger partial charge on any atom is -0.367 e. The number of anilines is 2. The first kappa shape index (κ1) is 30.8. The lowest BCUT2D eigenvalue weighted by Crippen LogP contribution is -2.46. The quantitative estimate of drug-likeness (QED) is 0.102. The maximum Gasteiger partial charge on any atom is 0.265 e. The largest absolute Gasteiger partial charge is 0.367 e. The van der Waals surface area contributed by atoms with Crippen LogP contribution in [0.3, 0.4) is 0 Å². The molecular weight excluding hydrogens is 582 g/mol. The Hall–Kier alpha value is -4.20. The zero-order valence-electron chi connectivity index (χ0n) is 25.6. The number of thioether (sulfide) groups is 1. The van der Waals surface area contributed by atoms with Gasteiger partial charge in [-0.15, -0.1) is 0 Å². The fraction of sp³-hybridized carbons (Fsp3) is 0.263. The number of hydrogen-bond acceptors (Lipinski definition) is 5. The van der Waals surface area contributed by atoms with Crippen LogP contribution in [-0.4, -0.2) is 49.3 Å². The average molecular weight is 620 g/mol. The molecule has 6 rings (SSSR count). The molecule has 0 aliphatic carbocycles. The van der Waals surface area contributed by atoms with Crippen molar-refractivity contribution in [3.05, 3.63) is 130 Å². The summed E-state index contributed by atoms with van der Waals surface area (Å²) in [5.41, 5.74) is 5.48. The molecule has 7 heteroatoms. The number of benzene rings is 4. The number of piperazine rings is 1. The van der Waals surface area contributed by atoms with Crippen LogP contribution >= 0.6 is 11.8 Å². The van der Waals surface area contributed by atoms with E-state index < -0.39 is 0 Å². The highest BCUT2D eigenvalue weighted by Crippen LogP contribution is 2.42. The van der Waals surface area contributed by atoms with Crippen LogP contribution in [0.5, 0.6) is 0 Å². The number of carbonyl (C=O) groups is 2. The van der Waals surface area contributed by atoms with Crippen molar-refractivity contribution in [3.8, 4) is 0 Å². The molecule has 0 saturated carbocycles. The van der Waals surface area contributed by atoms with E-state index in [0.717, 1.165) is 72.8 Å². The van der Waals surface area contributed by atoms with Crippen molar-refractivity contribution in [2.24, 2.45) is 0 Å². The molecule has 1 saturated heterocycles. The van der Waals surface area contributed by atoms with Crippen molar-refractivity contribution in [1.29, 1.82) is 0 Å². The third-order valence-corrected chi connectivity index (χ3v) is 9.72. The number of nitrogens with zero attached hydrogens (tertiary/aromatic N) is 3. The van der Waals surface area contributed by atoms with Crippen LogP contribution in [0, 0.1) is 12.7 Å². The van der Waals surface area contributed by atoms with Crippen LogP contribution in [0.15, 0.2) is 107 Å². The summed E-state index contributed by atoms with van der Waals surface area (Å²) in [5.74, 6) is -0.0439. The number of ketones is 1. The number of hydrogen-bond donors (Lipinski definition) is 0. The number of Topliss-reactive ketones (excluding diaryl/α,β-unsaturated/α-hetero) is 1. The monoisotopic (exact) mass is 619 g/mol. The molecule has 0 bridgehead atoms. The highest BCUT2D eigenvalue weighted by molar-refractivity contribution is 8.04. The van der Waals surface area contributed by atoms with Crippen molar-refractivity contribution in [1.82, 2.24) is 4.90 Å². The molecule has 5 nitrogen and oxygen atoms in total. The van der Waals surface area contributed by atoms with Gasteiger partial charge in [-0.3, -0.25) is 14.5 Å². The van der Waals surface area contributed by atoms with E-state index in [-0.39, 0.29) is 17.5 Å². The van der Waals surface area contributed by atoms with E-state index in [1.54, 1.807) is 6.07 Å². The fourth-order valence-corrected chi connectivity index (χ4v) is 7.04. The van der Waals surface area contributed by atoms with E-state index in [1.807, 2.05) is 77.7 Å². The summed E-state index contributed by atoms with van der Waals surface area (Å²) in [6, 6.07) is 30.7. The molecule has 2 heterocycles. The highest BCUT2D eigenvalue weighted by atomic mass is 32.2. The molecule has 45 heavy (non-hydrogen) atoms. The number of halogens is 1. The average Bonchev–Trinajstić information content (AvgIpc) is 3.06. The van der Waals surface area contributed by atoms with Gasteiger partial charge >= 0.3 is 0 Å². The molecule has 2 aliphatic rings. The summed E-state index contributed by atoms with van der Waals surface area (Å²) >= 11 is 1.49. The third kappa shape index (κ3) is 7.38. The Labute approximate surface area is 269 Å². The van der Waals surface area contributed by atoms with Gasteiger partial charge in [-0.05, 0) is 73.3 Å². The first-order valence-electron chi connectivity index (χ1n) is 15.7. The van der Waals surface area contributed by atoms with Gasteiger partial charge in [0.15, 0.2) is 5.78 Å². The number of fused-ring (bicyclic) bond motifs is 1. The van der Waals surface area contributed by atoms with Crippen molar-refractivity contribution >= 4 is 40.9 Å². The van der Waals surface area contributed by atoms with Crippen LogP contribution < -0.4 is 9.80 Å². The zero-order chi connectivity index (χ0) is 31.2. The number of para-hydroxylation sites is 2. The second-order valence-corrected chi connectivity index (χ2v) is 12.8. The lowest BCUT2D eigenvalue weighted by Gasteiger charge is -2.36. The van der Waals surface area contributed by atoms with Crippen molar-refractivity contribution in [3.63, 3.8) is 0 Å². The van der Waals surface area contributed by atoms with Gasteiger partial charge in [-0.1, -0.05) is 84.6 Å². The van der Waals surface area contributed by atoms with E-state index >= 15 is 0 Å². The molecule has 0 unspecified atom stereocenters. The first-order valence-corrected chi connectivity index (χ1v) is 16.5. The molecule has 0 radical (unpaired) electrons. The summed E-state index contributed by atoms with van der Waals surface area (Å²) < 4.78 is 14.1. The third-order valence-electron chi connectivity index (χ3n) is 8.65. The van der Waals surface area contributed by atoms with Crippen molar-refractivity contribution < 1.29 is 14.0 Å². The topological polar surface area (TPSA) is 43.9 Å². The molecule has 1 fully saturated rings. The summed E-state index contributed by atoms with van der Waals surface area (Å²) in [4.78, 5) is 34.7. The van der Waals surface area contributed by atoms with Gasteiger partial charge in [0.25, 0.3) is 5.91 Å². The van der Waals surface area contributed by atoms with E-state index in [4.69, 9.17) is 0 Å². The molecule has 0 aromatic heterocycles.